The van der Waals surface area contributed by atoms with Gasteiger partial charge in [-0.3, -0.25) is 0 Å². The van der Waals surface area contributed by atoms with Crippen LogP contribution in [-0.2, 0) is 6.42 Å². The zero-order chi connectivity index (χ0) is 11.4. The second kappa shape index (κ2) is 5.61. The van der Waals surface area contributed by atoms with Crippen molar-refractivity contribution in [1.82, 2.24) is 10.3 Å². The molecule has 0 radical (unpaired) electrons. The van der Waals surface area contributed by atoms with Crippen LogP contribution in [0.15, 0.2) is 32.8 Å². The Bertz CT molecular complexity index is 427. The Labute approximate surface area is 107 Å². The number of halogens is 1. The molecule has 2 heterocycles. The van der Waals surface area contributed by atoms with E-state index in [2.05, 4.69) is 33.2 Å². The van der Waals surface area contributed by atoms with E-state index in [-0.39, 0.29) is 0 Å². The van der Waals surface area contributed by atoms with Crippen LogP contribution in [-0.4, -0.2) is 11.5 Å². The van der Waals surface area contributed by atoms with Gasteiger partial charge >= 0.3 is 0 Å². The van der Waals surface area contributed by atoms with Crippen LogP contribution in [0.1, 0.15) is 23.7 Å². The van der Waals surface area contributed by atoms with E-state index in [0.717, 1.165) is 28.4 Å². The molecule has 0 spiro atoms. The van der Waals surface area contributed by atoms with Crippen molar-refractivity contribution in [3.8, 4) is 0 Å². The van der Waals surface area contributed by atoms with E-state index in [9.17, 15) is 0 Å². The van der Waals surface area contributed by atoms with E-state index in [1.165, 1.54) is 0 Å². The first-order valence-electron chi connectivity index (χ1n) is 5.12. The summed E-state index contributed by atoms with van der Waals surface area (Å²) in [4.78, 5) is 4.27. The summed E-state index contributed by atoms with van der Waals surface area (Å²) in [6.45, 7) is 3.01. The van der Waals surface area contributed by atoms with Crippen molar-refractivity contribution in [2.45, 2.75) is 19.4 Å². The van der Waals surface area contributed by atoms with Crippen molar-refractivity contribution in [1.29, 1.82) is 0 Å². The van der Waals surface area contributed by atoms with Crippen LogP contribution in [0.2, 0.25) is 0 Å². The summed E-state index contributed by atoms with van der Waals surface area (Å²) in [5, 5.41) is 6.54. The Hall–Kier alpha value is -0.650. The van der Waals surface area contributed by atoms with E-state index in [4.69, 9.17) is 4.42 Å². The normalized spacial score (nSPS) is 12.9. The minimum atomic E-state index is 0.304. The van der Waals surface area contributed by atoms with Gasteiger partial charge in [0.25, 0.3) is 0 Å². The third-order valence-electron chi connectivity index (χ3n) is 2.27. The number of aromatic nitrogens is 1. The van der Waals surface area contributed by atoms with E-state index in [0.29, 0.717) is 6.04 Å². The summed E-state index contributed by atoms with van der Waals surface area (Å²) in [5.74, 6) is 0.991. The molecule has 0 aromatic carbocycles. The standard InChI is InChI=1S/C11H13BrN2OS/c1-8(11-14-6-7-16-11)13-5-4-9-2-3-10(12)15-9/h2-3,6-8,13H,4-5H2,1H3. The molecule has 2 aromatic heterocycles. The molecule has 0 fully saturated rings. The zero-order valence-corrected chi connectivity index (χ0v) is 11.3. The molecule has 16 heavy (non-hydrogen) atoms. The fourth-order valence-corrected chi connectivity index (χ4v) is 2.44. The summed E-state index contributed by atoms with van der Waals surface area (Å²) >= 11 is 4.97. The van der Waals surface area contributed by atoms with Gasteiger partial charge in [-0.05, 0) is 35.0 Å². The molecule has 0 aliphatic heterocycles. The van der Waals surface area contributed by atoms with Gasteiger partial charge in [-0.2, -0.15) is 0 Å². The fourth-order valence-electron chi connectivity index (χ4n) is 1.43. The molecule has 1 atom stereocenters. The molecule has 1 unspecified atom stereocenters. The van der Waals surface area contributed by atoms with Crippen LogP contribution >= 0.6 is 27.3 Å². The van der Waals surface area contributed by atoms with Crippen LogP contribution in [0.25, 0.3) is 0 Å². The minimum absolute atomic E-state index is 0.304. The Morgan fingerprint density at radius 3 is 3.06 bits per heavy atom. The van der Waals surface area contributed by atoms with Crippen molar-refractivity contribution in [3.05, 3.63) is 39.1 Å². The topological polar surface area (TPSA) is 38.1 Å². The number of nitrogens with zero attached hydrogens (tertiary/aromatic N) is 1. The van der Waals surface area contributed by atoms with Gasteiger partial charge in [-0.1, -0.05) is 0 Å². The van der Waals surface area contributed by atoms with Gasteiger partial charge in [0.05, 0.1) is 6.04 Å². The molecule has 0 saturated carbocycles. The summed E-state index contributed by atoms with van der Waals surface area (Å²) < 4.78 is 6.21. The van der Waals surface area contributed by atoms with Gasteiger partial charge in [-0.15, -0.1) is 11.3 Å². The summed E-state index contributed by atoms with van der Waals surface area (Å²) in [5.41, 5.74) is 0. The highest BCUT2D eigenvalue weighted by Gasteiger charge is 2.07. The Balaban J connectivity index is 1.76. The Kier molecular flexibility index (Phi) is 4.15. The average molecular weight is 301 g/mol. The van der Waals surface area contributed by atoms with E-state index >= 15 is 0 Å². The molecule has 86 valence electrons. The van der Waals surface area contributed by atoms with Crippen molar-refractivity contribution in [2.75, 3.05) is 6.54 Å². The van der Waals surface area contributed by atoms with Crippen molar-refractivity contribution < 1.29 is 4.42 Å². The fraction of sp³-hybridized carbons (Fsp3) is 0.364. The lowest BCUT2D eigenvalue weighted by Gasteiger charge is -2.09. The van der Waals surface area contributed by atoms with Crippen LogP contribution in [0.4, 0.5) is 0 Å². The first-order valence-corrected chi connectivity index (χ1v) is 6.80. The molecule has 3 nitrogen and oxygen atoms in total. The van der Waals surface area contributed by atoms with Crippen LogP contribution in [0.5, 0.6) is 0 Å². The number of hydrogen-bond acceptors (Lipinski definition) is 4. The van der Waals surface area contributed by atoms with Gasteiger partial charge in [0.2, 0.25) is 0 Å². The van der Waals surface area contributed by atoms with Gasteiger partial charge in [-0.25, -0.2) is 4.98 Å². The van der Waals surface area contributed by atoms with Gasteiger partial charge in [0, 0.05) is 24.5 Å². The predicted molar refractivity (Wildman–Crippen MR) is 68.6 cm³/mol. The lowest BCUT2D eigenvalue weighted by atomic mass is 10.3. The van der Waals surface area contributed by atoms with Gasteiger partial charge in [0.1, 0.15) is 10.8 Å². The molecule has 0 bridgehead atoms. The smallest absolute Gasteiger partial charge is 0.169 e. The number of nitrogens with one attached hydrogen (secondary N) is 1. The van der Waals surface area contributed by atoms with E-state index < -0.39 is 0 Å². The second-order valence-corrected chi connectivity index (χ2v) is 5.21. The lowest BCUT2D eigenvalue weighted by molar-refractivity contribution is 0.470. The minimum Gasteiger partial charge on any atom is -0.454 e. The van der Waals surface area contributed by atoms with Gasteiger partial charge < -0.3 is 9.73 Å². The first-order chi connectivity index (χ1) is 7.75. The maximum absolute atomic E-state index is 5.42. The highest BCUT2D eigenvalue weighted by Crippen LogP contribution is 2.16. The predicted octanol–water partition coefficient (Wildman–Crippen LogP) is 3.39. The second-order valence-electron chi connectivity index (χ2n) is 3.50. The summed E-state index contributed by atoms with van der Waals surface area (Å²) in [6, 6.07) is 4.21. The highest BCUT2D eigenvalue weighted by molar-refractivity contribution is 9.10. The van der Waals surface area contributed by atoms with Crippen molar-refractivity contribution in [2.24, 2.45) is 0 Å². The summed E-state index contributed by atoms with van der Waals surface area (Å²) in [6.07, 6.45) is 2.73. The molecule has 0 aliphatic carbocycles. The molecule has 0 amide bonds. The largest absolute Gasteiger partial charge is 0.454 e. The lowest BCUT2D eigenvalue weighted by Crippen LogP contribution is -2.21. The zero-order valence-electron chi connectivity index (χ0n) is 8.94. The van der Waals surface area contributed by atoms with Crippen molar-refractivity contribution in [3.63, 3.8) is 0 Å². The third-order valence-corrected chi connectivity index (χ3v) is 3.66. The first kappa shape index (κ1) is 11.8. The van der Waals surface area contributed by atoms with Crippen molar-refractivity contribution >= 4 is 27.3 Å². The quantitative estimate of drug-likeness (QED) is 0.920. The van der Waals surface area contributed by atoms with E-state index in [1.807, 2.05) is 23.7 Å². The molecule has 1 N–H and O–H groups in total. The maximum Gasteiger partial charge on any atom is 0.169 e. The van der Waals surface area contributed by atoms with Gasteiger partial charge in [0.15, 0.2) is 4.67 Å². The third kappa shape index (κ3) is 3.17. The number of thiazole rings is 1. The monoisotopic (exact) mass is 300 g/mol. The number of hydrogen-bond donors (Lipinski definition) is 1. The molecule has 2 aromatic rings. The van der Waals surface area contributed by atoms with E-state index in [1.54, 1.807) is 11.3 Å². The summed E-state index contributed by atoms with van der Waals surface area (Å²) in [7, 11) is 0. The van der Waals surface area contributed by atoms with Crippen LogP contribution in [0, 0.1) is 0 Å². The number of furan rings is 1. The van der Waals surface area contributed by atoms with Crippen LogP contribution in [0.3, 0.4) is 0 Å². The molecular formula is C11H13BrN2OS. The molecule has 0 saturated heterocycles. The molecule has 0 aliphatic rings. The highest BCUT2D eigenvalue weighted by atomic mass is 79.9. The molecule has 5 heteroatoms. The van der Waals surface area contributed by atoms with Crippen LogP contribution < -0.4 is 5.32 Å². The maximum atomic E-state index is 5.42. The number of rotatable bonds is 5. The average Bonchev–Trinajstić information content (AvgIpc) is 2.89. The Morgan fingerprint density at radius 1 is 1.56 bits per heavy atom. The Morgan fingerprint density at radius 2 is 2.44 bits per heavy atom. The molecule has 2 rings (SSSR count). The molecular weight excluding hydrogens is 288 g/mol. The SMILES string of the molecule is CC(NCCc1ccc(Br)o1)c1nccs1.